The van der Waals surface area contributed by atoms with Gasteiger partial charge < -0.3 is 9.53 Å². The van der Waals surface area contributed by atoms with Crippen molar-refractivity contribution in [3.05, 3.63) is 35.9 Å². The maximum Gasteiger partial charge on any atom is 0.219 e. The molecule has 0 saturated carbocycles. The first kappa shape index (κ1) is 19.4. The molecule has 1 aromatic carbocycles. The van der Waals surface area contributed by atoms with Gasteiger partial charge in [0.25, 0.3) is 0 Å². The molecule has 1 aromatic rings. The van der Waals surface area contributed by atoms with Crippen LogP contribution in [0.2, 0.25) is 18.1 Å². The average molecular weight is 341 g/mol. The second kappa shape index (κ2) is 7.77. The van der Waals surface area contributed by atoms with Crippen molar-refractivity contribution in [1.82, 2.24) is 0 Å². The maximum atomic E-state index is 12.5. The minimum Gasteiger partial charge on any atom is -0.403 e. The summed E-state index contributed by atoms with van der Waals surface area (Å²) in [6, 6.07) is 9.27. The molecule has 1 rings (SSSR count). The number of aliphatic hydroxyl groups is 1. The number of aliphatic hydroxyl groups excluding tert-OH is 1. The molecule has 22 heavy (non-hydrogen) atoms. The highest BCUT2D eigenvalue weighted by Crippen LogP contribution is 2.39. The maximum absolute atomic E-state index is 12.5. The molecule has 0 aliphatic heterocycles. The Balaban J connectivity index is 3.06. The molecule has 5 heteroatoms. The van der Waals surface area contributed by atoms with Gasteiger partial charge in [-0.3, -0.25) is 4.79 Å². The summed E-state index contributed by atoms with van der Waals surface area (Å²) in [5, 5.41) is 10.6. The number of carbonyl (C=O) groups is 1. The van der Waals surface area contributed by atoms with Crippen LogP contribution in [0.5, 0.6) is 0 Å². The van der Waals surface area contributed by atoms with Gasteiger partial charge in [0.15, 0.2) is 8.32 Å². The fraction of sp³-hybridized carbons (Fsp3) is 0.588. The van der Waals surface area contributed by atoms with E-state index in [1.807, 2.05) is 37.3 Å². The SMILES string of the molecule is CCSC(=O)[C@@H](O[Si](C)(C)C(C)(C)C)[C@H](O)c1ccccc1. The molecular weight excluding hydrogens is 312 g/mol. The third-order valence-corrected chi connectivity index (χ3v) is 9.44. The number of rotatable bonds is 6. The van der Waals surface area contributed by atoms with Crippen molar-refractivity contribution < 1.29 is 14.3 Å². The summed E-state index contributed by atoms with van der Waals surface area (Å²) in [6.45, 7) is 12.5. The van der Waals surface area contributed by atoms with Crippen LogP contribution < -0.4 is 0 Å². The number of benzene rings is 1. The molecule has 0 bridgehead atoms. The van der Waals surface area contributed by atoms with E-state index in [1.165, 1.54) is 11.8 Å². The summed E-state index contributed by atoms with van der Waals surface area (Å²) >= 11 is 1.21. The summed E-state index contributed by atoms with van der Waals surface area (Å²) in [6.07, 6.45) is -1.74. The van der Waals surface area contributed by atoms with E-state index in [-0.39, 0.29) is 10.2 Å². The van der Waals surface area contributed by atoms with Crippen molar-refractivity contribution in [3.63, 3.8) is 0 Å². The minimum atomic E-state index is -2.15. The molecule has 0 aromatic heterocycles. The molecule has 0 heterocycles. The van der Waals surface area contributed by atoms with E-state index in [4.69, 9.17) is 4.43 Å². The fourth-order valence-corrected chi connectivity index (χ4v) is 3.72. The van der Waals surface area contributed by atoms with Crippen LogP contribution in [0.3, 0.4) is 0 Å². The molecule has 0 saturated heterocycles. The lowest BCUT2D eigenvalue weighted by atomic mass is 10.1. The number of carbonyl (C=O) groups excluding carboxylic acids is 1. The molecule has 0 aliphatic carbocycles. The molecule has 3 nitrogen and oxygen atoms in total. The molecule has 124 valence electrons. The molecule has 0 unspecified atom stereocenters. The van der Waals surface area contributed by atoms with E-state index >= 15 is 0 Å². The third kappa shape index (κ3) is 4.95. The Morgan fingerprint density at radius 3 is 2.27 bits per heavy atom. The largest absolute Gasteiger partial charge is 0.403 e. The summed E-state index contributed by atoms with van der Waals surface area (Å²) < 4.78 is 6.25. The van der Waals surface area contributed by atoms with Crippen molar-refractivity contribution in [2.45, 2.75) is 58.0 Å². The first-order valence-corrected chi connectivity index (χ1v) is 11.6. The molecular formula is C17H28O3SSi. The van der Waals surface area contributed by atoms with Gasteiger partial charge in [-0.05, 0) is 29.4 Å². The van der Waals surface area contributed by atoms with Crippen molar-refractivity contribution in [3.8, 4) is 0 Å². The highest BCUT2D eigenvalue weighted by atomic mass is 32.2. The van der Waals surface area contributed by atoms with E-state index in [1.54, 1.807) is 0 Å². The predicted octanol–water partition coefficient (Wildman–Crippen LogP) is 4.39. The van der Waals surface area contributed by atoms with Gasteiger partial charge >= 0.3 is 0 Å². The van der Waals surface area contributed by atoms with Crippen LogP contribution in [0.25, 0.3) is 0 Å². The second-order valence-corrected chi connectivity index (χ2v) is 12.9. The quantitative estimate of drug-likeness (QED) is 0.780. The molecule has 1 N–H and O–H groups in total. The topological polar surface area (TPSA) is 46.5 Å². The van der Waals surface area contributed by atoms with Crippen LogP contribution in [0.1, 0.15) is 39.4 Å². The zero-order valence-corrected chi connectivity index (χ0v) is 16.2. The monoisotopic (exact) mass is 340 g/mol. The lowest BCUT2D eigenvalue weighted by Crippen LogP contribution is -2.47. The lowest BCUT2D eigenvalue weighted by Gasteiger charge is -2.39. The van der Waals surface area contributed by atoms with Crippen molar-refractivity contribution in [2.75, 3.05) is 5.75 Å². The van der Waals surface area contributed by atoms with Gasteiger partial charge in [0, 0.05) is 0 Å². The molecule has 0 spiro atoms. The van der Waals surface area contributed by atoms with Crippen LogP contribution in [0, 0.1) is 0 Å². The highest BCUT2D eigenvalue weighted by molar-refractivity contribution is 8.13. The fourth-order valence-electron chi connectivity index (χ4n) is 1.79. The van der Waals surface area contributed by atoms with Gasteiger partial charge in [-0.15, -0.1) is 0 Å². The first-order valence-electron chi connectivity index (χ1n) is 7.67. The Labute approximate surface area is 139 Å². The zero-order valence-electron chi connectivity index (χ0n) is 14.4. The number of thioether (sulfide) groups is 1. The van der Waals surface area contributed by atoms with E-state index in [0.29, 0.717) is 5.75 Å². The standard InChI is InChI=1S/C17H28O3SSi/c1-7-21-16(19)15(20-22(5,6)17(2,3)4)14(18)13-11-9-8-10-12-13/h8-12,14-15,18H,7H2,1-6H3/t14-,15+/m1/s1. The molecule has 2 atom stereocenters. The molecule has 0 amide bonds. The average Bonchev–Trinajstić information content (AvgIpc) is 2.44. The van der Waals surface area contributed by atoms with E-state index in [9.17, 15) is 9.90 Å². The van der Waals surface area contributed by atoms with Crippen molar-refractivity contribution >= 4 is 25.2 Å². The Morgan fingerprint density at radius 2 is 1.82 bits per heavy atom. The van der Waals surface area contributed by atoms with E-state index in [2.05, 4.69) is 33.9 Å². The van der Waals surface area contributed by atoms with Gasteiger partial charge in [0.2, 0.25) is 5.12 Å². The third-order valence-electron chi connectivity index (χ3n) is 4.17. The summed E-state index contributed by atoms with van der Waals surface area (Å²) in [4.78, 5) is 12.5. The summed E-state index contributed by atoms with van der Waals surface area (Å²) in [5.41, 5.74) is 0.719. The first-order chi connectivity index (χ1) is 10.1. The molecule has 0 radical (unpaired) electrons. The second-order valence-electron chi connectivity index (χ2n) is 6.91. The summed E-state index contributed by atoms with van der Waals surface area (Å²) in [7, 11) is -2.15. The van der Waals surface area contributed by atoms with Gasteiger partial charge in [0.1, 0.15) is 12.2 Å². The smallest absolute Gasteiger partial charge is 0.219 e. The Hall–Kier alpha value is -0.623. The van der Waals surface area contributed by atoms with Crippen LogP contribution in [0.4, 0.5) is 0 Å². The number of hydrogen-bond donors (Lipinski definition) is 1. The Bertz CT molecular complexity index is 482. The van der Waals surface area contributed by atoms with Crippen LogP contribution in [0.15, 0.2) is 30.3 Å². The molecule has 0 fully saturated rings. The zero-order chi connectivity index (χ0) is 17.0. The van der Waals surface area contributed by atoms with E-state index < -0.39 is 20.5 Å². The number of hydrogen-bond acceptors (Lipinski definition) is 4. The molecule has 0 aliphatic rings. The normalized spacial score (nSPS) is 15.4. The van der Waals surface area contributed by atoms with Gasteiger partial charge in [-0.2, -0.15) is 0 Å². The predicted molar refractivity (Wildman–Crippen MR) is 96.6 cm³/mol. The lowest BCUT2D eigenvalue weighted by molar-refractivity contribution is -0.122. The van der Waals surface area contributed by atoms with Crippen molar-refractivity contribution in [2.24, 2.45) is 0 Å². The Kier molecular flexibility index (Phi) is 6.86. The van der Waals surface area contributed by atoms with E-state index in [0.717, 1.165) is 5.56 Å². The summed E-state index contributed by atoms with van der Waals surface area (Å²) in [5.74, 6) is 0.678. The van der Waals surface area contributed by atoms with Gasteiger partial charge in [-0.25, -0.2) is 0 Å². The van der Waals surface area contributed by atoms with Crippen LogP contribution in [-0.4, -0.2) is 30.4 Å². The van der Waals surface area contributed by atoms with Gasteiger partial charge in [0.05, 0.1) is 0 Å². The van der Waals surface area contributed by atoms with Crippen LogP contribution in [-0.2, 0) is 9.22 Å². The highest BCUT2D eigenvalue weighted by Gasteiger charge is 2.42. The minimum absolute atomic E-state index is 0.0151. The Morgan fingerprint density at radius 1 is 1.27 bits per heavy atom. The van der Waals surface area contributed by atoms with Gasteiger partial charge in [-0.1, -0.05) is 69.8 Å². The van der Waals surface area contributed by atoms with Crippen LogP contribution >= 0.6 is 11.8 Å². The van der Waals surface area contributed by atoms with Crippen molar-refractivity contribution in [1.29, 1.82) is 0 Å².